The van der Waals surface area contributed by atoms with E-state index in [1.54, 1.807) is 6.20 Å². The predicted molar refractivity (Wildman–Crippen MR) is 69.0 cm³/mol. The van der Waals surface area contributed by atoms with Crippen LogP contribution in [0.25, 0.3) is 11.4 Å². The van der Waals surface area contributed by atoms with Crippen LogP contribution in [0.5, 0.6) is 0 Å². The third-order valence-electron chi connectivity index (χ3n) is 3.11. The fourth-order valence-corrected chi connectivity index (χ4v) is 1.62. The van der Waals surface area contributed by atoms with Gasteiger partial charge in [0, 0.05) is 18.0 Å². The molecule has 1 N–H and O–H groups in total. The Morgan fingerprint density at radius 3 is 2.83 bits per heavy atom. The third kappa shape index (κ3) is 2.26. The summed E-state index contributed by atoms with van der Waals surface area (Å²) in [5.41, 5.74) is 1.77. The highest BCUT2D eigenvalue weighted by molar-refractivity contribution is 5.58. The van der Waals surface area contributed by atoms with Crippen LogP contribution < -0.4 is 5.32 Å². The van der Waals surface area contributed by atoms with Crippen molar-refractivity contribution in [3.05, 3.63) is 29.9 Å². The first kappa shape index (κ1) is 12.7. The van der Waals surface area contributed by atoms with Gasteiger partial charge in [-0.05, 0) is 38.9 Å². The van der Waals surface area contributed by atoms with Gasteiger partial charge in [0.2, 0.25) is 11.7 Å². The first-order valence-electron chi connectivity index (χ1n) is 6.05. The van der Waals surface area contributed by atoms with E-state index in [-0.39, 0.29) is 5.54 Å². The summed E-state index contributed by atoms with van der Waals surface area (Å²) in [6.07, 6.45) is 4.48. The molecule has 0 saturated heterocycles. The van der Waals surface area contributed by atoms with E-state index in [0.717, 1.165) is 17.5 Å². The zero-order valence-corrected chi connectivity index (χ0v) is 11.2. The minimum atomic E-state index is -0.329. The van der Waals surface area contributed by atoms with Crippen LogP contribution in [-0.4, -0.2) is 22.2 Å². The van der Waals surface area contributed by atoms with Gasteiger partial charge in [-0.2, -0.15) is 4.98 Å². The van der Waals surface area contributed by atoms with Gasteiger partial charge in [-0.1, -0.05) is 12.1 Å². The van der Waals surface area contributed by atoms with Gasteiger partial charge in [-0.3, -0.25) is 4.98 Å². The van der Waals surface area contributed by atoms with Crippen molar-refractivity contribution in [2.75, 3.05) is 7.05 Å². The van der Waals surface area contributed by atoms with Gasteiger partial charge in [0.15, 0.2) is 0 Å². The predicted octanol–water partition coefficient (Wildman–Crippen LogP) is 2.15. The lowest BCUT2D eigenvalue weighted by Gasteiger charge is -2.17. The topological polar surface area (TPSA) is 63.8 Å². The van der Waals surface area contributed by atoms with Gasteiger partial charge in [0.05, 0.1) is 5.54 Å². The average Bonchev–Trinajstić information content (AvgIpc) is 2.89. The molecular formula is C13H18N4O. The maximum atomic E-state index is 5.33. The molecule has 0 radical (unpaired) electrons. The maximum Gasteiger partial charge on any atom is 0.246 e. The molecule has 0 aromatic carbocycles. The van der Waals surface area contributed by atoms with Crippen molar-refractivity contribution in [2.45, 2.75) is 32.7 Å². The van der Waals surface area contributed by atoms with Crippen LogP contribution in [0.15, 0.2) is 23.0 Å². The lowest BCUT2D eigenvalue weighted by molar-refractivity contribution is 0.281. The van der Waals surface area contributed by atoms with Gasteiger partial charge in [0.25, 0.3) is 0 Å². The van der Waals surface area contributed by atoms with Crippen molar-refractivity contribution in [1.82, 2.24) is 20.4 Å². The molecule has 0 aliphatic heterocycles. The molecule has 2 aromatic heterocycles. The van der Waals surface area contributed by atoms with Gasteiger partial charge in [-0.15, -0.1) is 0 Å². The van der Waals surface area contributed by atoms with E-state index in [1.165, 1.54) is 0 Å². The number of aromatic nitrogens is 3. The molecule has 0 amide bonds. The highest BCUT2D eigenvalue weighted by atomic mass is 16.5. The second-order valence-corrected chi connectivity index (χ2v) is 4.68. The first-order chi connectivity index (χ1) is 8.58. The van der Waals surface area contributed by atoms with E-state index in [2.05, 4.69) is 27.4 Å². The Kier molecular flexibility index (Phi) is 3.43. The van der Waals surface area contributed by atoms with Crippen LogP contribution in [0.2, 0.25) is 0 Å². The summed E-state index contributed by atoms with van der Waals surface area (Å²) in [6, 6.07) is 1.92. The number of nitrogens with zero attached hydrogens (tertiary/aromatic N) is 3. The minimum Gasteiger partial charge on any atom is -0.337 e. The van der Waals surface area contributed by atoms with Crippen molar-refractivity contribution in [3.63, 3.8) is 0 Å². The van der Waals surface area contributed by atoms with Crippen LogP contribution in [0.4, 0.5) is 0 Å². The van der Waals surface area contributed by atoms with Crippen molar-refractivity contribution < 1.29 is 4.52 Å². The van der Waals surface area contributed by atoms with Crippen molar-refractivity contribution in [2.24, 2.45) is 0 Å². The Bertz CT molecular complexity index is 533. The molecule has 2 heterocycles. The zero-order chi connectivity index (χ0) is 13.2. The molecule has 0 aliphatic rings. The molecule has 18 heavy (non-hydrogen) atoms. The Morgan fingerprint density at radius 2 is 2.17 bits per heavy atom. The molecule has 0 saturated carbocycles. The number of nitrogens with one attached hydrogen (secondary N) is 1. The van der Waals surface area contributed by atoms with Crippen LogP contribution in [0.3, 0.4) is 0 Å². The largest absolute Gasteiger partial charge is 0.337 e. The lowest BCUT2D eigenvalue weighted by atomic mass is 10.1. The van der Waals surface area contributed by atoms with E-state index in [4.69, 9.17) is 4.52 Å². The Labute approximate surface area is 107 Å². The van der Waals surface area contributed by atoms with E-state index < -0.39 is 0 Å². The lowest BCUT2D eigenvalue weighted by Crippen LogP contribution is -2.33. The summed E-state index contributed by atoms with van der Waals surface area (Å²) in [5.74, 6) is 1.20. The molecule has 0 spiro atoms. The van der Waals surface area contributed by atoms with E-state index in [1.807, 2.05) is 33.2 Å². The molecule has 2 rings (SSSR count). The minimum absolute atomic E-state index is 0.329. The fourth-order valence-electron chi connectivity index (χ4n) is 1.62. The molecule has 0 bridgehead atoms. The van der Waals surface area contributed by atoms with Crippen LogP contribution >= 0.6 is 0 Å². The fraction of sp³-hybridized carbons (Fsp3) is 0.462. The van der Waals surface area contributed by atoms with Gasteiger partial charge in [0.1, 0.15) is 0 Å². The van der Waals surface area contributed by atoms with Crippen LogP contribution in [0, 0.1) is 0 Å². The molecule has 2 aromatic rings. The van der Waals surface area contributed by atoms with Crippen LogP contribution in [-0.2, 0) is 12.0 Å². The maximum absolute atomic E-state index is 5.33. The van der Waals surface area contributed by atoms with Crippen molar-refractivity contribution in [3.8, 4) is 11.4 Å². The SMILES string of the molecule is CCc1cnccc1-c1noc(C(C)(C)NC)n1. The Balaban J connectivity index is 2.41. The molecule has 0 atom stereocenters. The molecule has 5 heteroatoms. The highest BCUT2D eigenvalue weighted by Gasteiger charge is 2.26. The molecule has 0 fully saturated rings. The number of hydrogen-bond acceptors (Lipinski definition) is 5. The molecule has 96 valence electrons. The summed E-state index contributed by atoms with van der Waals surface area (Å²) >= 11 is 0. The van der Waals surface area contributed by atoms with Crippen LogP contribution in [0.1, 0.15) is 32.2 Å². The molecule has 5 nitrogen and oxygen atoms in total. The number of pyridine rings is 1. The summed E-state index contributed by atoms with van der Waals surface area (Å²) in [6.45, 7) is 6.08. The zero-order valence-electron chi connectivity index (χ0n) is 11.2. The third-order valence-corrected chi connectivity index (χ3v) is 3.11. The Hall–Kier alpha value is -1.75. The first-order valence-corrected chi connectivity index (χ1v) is 6.05. The Morgan fingerprint density at radius 1 is 1.39 bits per heavy atom. The standard InChI is InChI=1S/C13H18N4O/c1-5-9-8-15-7-6-10(9)11-16-12(18-17-11)13(2,3)14-4/h6-8,14H,5H2,1-4H3. The van der Waals surface area contributed by atoms with Crippen molar-refractivity contribution >= 4 is 0 Å². The van der Waals surface area contributed by atoms with Crippen molar-refractivity contribution in [1.29, 1.82) is 0 Å². The quantitative estimate of drug-likeness (QED) is 0.895. The summed E-state index contributed by atoms with van der Waals surface area (Å²) in [5, 5.41) is 7.20. The smallest absolute Gasteiger partial charge is 0.246 e. The van der Waals surface area contributed by atoms with Gasteiger partial charge in [-0.25, -0.2) is 0 Å². The second kappa shape index (κ2) is 4.86. The number of rotatable bonds is 4. The average molecular weight is 246 g/mol. The van der Waals surface area contributed by atoms with E-state index >= 15 is 0 Å². The number of hydrogen-bond donors (Lipinski definition) is 1. The van der Waals surface area contributed by atoms with Gasteiger partial charge >= 0.3 is 0 Å². The summed E-state index contributed by atoms with van der Waals surface area (Å²) in [4.78, 5) is 8.58. The monoisotopic (exact) mass is 246 g/mol. The second-order valence-electron chi connectivity index (χ2n) is 4.68. The van der Waals surface area contributed by atoms with Gasteiger partial charge < -0.3 is 9.84 Å². The number of aryl methyl sites for hydroxylation is 1. The van der Waals surface area contributed by atoms with E-state index in [9.17, 15) is 0 Å². The highest BCUT2D eigenvalue weighted by Crippen LogP contribution is 2.24. The summed E-state index contributed by atoms with van der Waals surface area (Å²) < 4.78 is 5.33. The summed E-state index contributed by atoms with van der Waals surface area (Å²) in [7, 11) is 1.87. The molecule has 0 unspecified atom stereocenters. The van der Waals surface area contributed by atoms with E-state index in [0.29, 0.717) is 11.7 Å². The molecule has 0 aliphatic carbocycles. The normalized spacial score (nSPS) is 11.8. The molecular weight excluding hydrogens is 228 g/mol.